The lowest BCUT2D eigenvalue weighted by Crippen LogP contribution is -2.24. The summed E-state index contributed by atoms with van der Waals surface area (Å²) in [6.07, 6.45) is 5.50. The van der Waals surface area contributed by atoms with Crippen LogP contribution in [0.2, 0.25) is 0 Å². The zero-order valence-corrected chi connectivity index (χ0v) is 11.0. The standard InChI is InChI=1S/C14H18N4/c1-11(2)17-10-18(3)13-6-4-12(5-7-13)14-8-15-9-16-14/h4-11H,1-3H3,(H,15,16)/p+1. The first-order valence-corrected chi connectivity index (χ1v) is 6.08. The Balaban J connectivity index is 2.15. The third kappa shape index (κ3) is 2.97. The van der Waals surface area contributed by atoms with E-state index in [1.807, 2.05) is 19.6 Å². The maximum Gasteiger partial charge on any atom is 0.237 e. The second-order valence-corrected chi connectivity index (χ2v) is 4.57. The third-order valence-corrected chi connectivity index (χ3v) is 2.69. The molecule has 0 saturated carbocycles. The van der Waals surface area contributed by atoms with Crippen LogP contribution < -0.4 is 5.32 Å². The van der Waals surface area contributed by atoms with E-state index in [-0.39, 0.29) is 0 Å². The average molecular weight is 243 g/mol. The lowest BCUT2D eigenvalue weighted by atomic mass is 10.1. The molecule has 0 saturated heterocycles. The molecule has 2 rings (SSSR count). The normalized spacial score (nSPS) is 11.9. The van der Waals surface area contributed by atoms with Crippen molar-refractivity contribution >= 4 is 12.0 Å². The second-order valence-electron chi connectivity index (χ2n) is 4.57. The van der Waals surface area contributed by atoms with E-state index in [1.54, 1.807) is 6.33 Å². The van der Waals surface area contributed by atoms with Gasteiger partial charge in [0.2, 0.25) is 6.34 Å². The second kappa shape index (κ2) is 5.49. The Morgan fingerprint density at radius 1 is 1.28 bits per heavy atom. The van der Waals surface area contributed by atoms with Crippen LogP contribution in [0.25, 0.3) is 11.3 Å². The van der Waals surface area contributed by atoms with Gasteiger partial charge in [-0.1, -0.05) is 0 Å². The number of hydrogen-bond donors (Lipinski definition) is 2. The first kappa shape index (κ1) is 12.4. The molecule has 18 heavy (non-hydrogen) atoms. The largest absolute Gasteiger partial charge is 0.345 e. The number of nitrogens with one attached hydrogen (secondary N) is 2. The minimum absolute atomic E-state index is 0.441. The molecule has 1 aromatic heterocycles. The van der Waals surface area contributed by atoms with Crippen molar-refractivity contribution in [2.75, 3.05) is 7.05 Å². The van der Waals surface area contributed by atoms with Gasteiger partial charge in [0, 0.05) is 0 Å². The Morgan fingerprint density at radius 3 is 2.56 bits per heavy atom. The Bertz CT molecular complexity index is 509. The zero-order chi connectivity index (χ0) is 13.0. The van der Waals surface area contributed by atoms with E-state index in [2.05, 4.69) is 58.0 Å². The summed E-state index contributed by atoms with van der Waals surface area (Å²) in [5.74, 6) is 0. The van der Waals surface area contributed by atoms with E-state index < -0.39 is 0 Å². The lowest BCUT2D eigenvalue weighted by molar-refractivity contribution is -0.401. The summed E-state index contributed by atoms with van der Waals surface area (Å²) >= 11 is 0. The first-order chi connectivity index (χ1) is 8.66. The van der Waals surface area contributed by atoms with Gasteiger partial charge in [0.1, 0.15) is 5.69 Å². The monoisotopic (exact) mass is 243 g/mol. The van der Waals surface area contributed by atoms with Crippen molar-refractivity contribution in [1.82, 2.24) is 15.3 Å². The van der Waals surface area contributed by atoms with Gasteiger partial charge in [0.05, 0.1) is 31.3 Å². The molecular weight excluding hydrogens is 224 g/mol. The van der Waals surface area contributed by atoms with Crippen LogP contribution in [0.4, 0.5) is 5.69 Å². The molecule has 0 amide bonds. The summed E-state index contributed by atoms with van der Waals surface area (Å²) in [5, 5.41) is 3.27. The molecular formula is C14H19N4+. The number of H-pyrrole nitrogens is 1. The lowest BCUT2D eigenvalue weighted by Gasteiger charge is -2.03. The summed E-state index contributed by atoms with van der Waals surface area (Å²) in [4.78, 5) is 7.12. The molecule has 1 heterocycles. The number of nitrogens with zero attached hydrogens (tertiary/aromatic N) is 2. The molecule has 4 heteroatoms. The van der Waals surface area contributed by atoms with Crippen LogP contribution in [-0.2, 0) is 0 Å². The first-order valence-electron chi connectivity index (χ1n) is 6.08. The van der Waals surface area contributed by atoms with E-state index in [0.717, 1.165) is 16.9 Å². The summed E-state index contributed by atoms with van der Waals surface area (Å²) in [5.41, 5.74) is 3.32. The Hall–Kier alpha value is -2.10. The van der Waals surface area contributed by atoms with Gasteiger partial charge in [-0.25, -0.2) is 9.56 Å². The average Bonchev–Trinajstić information content (AvgIpc) is 2.90. The van der Waals surface area contributed by atoms with Crippen LogP contribution in [0.1, 0.15) is 13.8 Å². The van der Waals surface area contributed by atoms with Crippen LogP contribution in [0.3, 0.4) is 0 Å². The zero-order valence-electron chi connectivity index (χ0n) is 11.0. The van der Waals surface area contributed by atoms with E-state index in [1.165, 1.54) is 0 Å². The van der Waals surface area contributed by atoms with Crippen molar-refractivity contribution < 1.29 is 4.58 Å². The van der Waals surface area contributed by atoms with Gasteiger partial charge in [-0.3, -0.25) is 5.32 Å². The molecule has 94 valence electrons. The van der Waals surface area contributed by atoms with Gasteiger partial charge < -0.3 is 4.98 Å². The number of aromatic amines is 1. The smallest absolute Gasteiger partial charge is 0.237 e. The van der Waals surface area contributed by atoms with E-state index in [0.29, 0.717) is 6.04 Å². The summed E-state index contributed by atoms with van der Waals surface area (Å²) in [6.45, 7) is 4.23. The van der Waals surface area contributed by atoms with Crippen LogP contribution in [0, 0.1) is 0 Å². The number of hydrogen-bond acceptors (Lipinski definition) is 1. The van der Waals surface area contributed by atoms with Crippen molar-refractivity contribution in [3.8, 4) is 11.3 Å². The molecule has 0 atom stereocenters. The molecule has 0 aliphatic carbocycles. The highest BCUT2D eigenvalue weighted by Crippen LogP contribution is 2.19. The van der Waals surface area contributed by atoms with Gasteiger partial charge in [0.25, 0.3) is 0 Å². The molecule has 0 spiro atoms. The van der Waals surface area contributed by atoms with E-state index in [9.17, 15) is 0 Å². The van der Waals surface area contributed by atoms with Crippen LogP contribution in [0.5, 0.6) is 0 Å². The van der Waals surface area contributed by atoms with Gasteiger partial charge in [-0.2, -0.15) is 0 Å². The summed E-state index contributed by atoms with van der Waals surface area (Å²) in [7, 11) is 2.03. The summed E-state index contributed by atoms with van der Waals surface area (Å²) < 4.78 is 2.07. The Labute approximate surface area is 107 Å². The fraction of sp³-hybridized carbons (Fsp3) is 0.286. The fourth-order valence-corrected chi connectivity index (χ4v) is 1.63. The van der Waals surface area contributed by atoms with Crippen LogP contribution in [-0.4, -0.2) is 34.0 Å². The molecule has 4 nitrogen and oxygen atoms in total. The molecule has 0 radical (unpaired) electrons. The molecule has 0 aliphatic rings. The minimum Gasteiger partial charge on any atom is -0.345 e. The fourth-order valence-electron chi connectivity index (χ4n) is 1.63. The van der Waals surface area contributed by atoms with Crippen LogP contribution in [0.15, 0.2) is 36.8 Å². The number of rotatable bonds is 4. The predicted molar refractivity (Wildman–Crippen MR) is 74.2 cm³/mol. The molecule has 2 aromatic rings. The highest BCUT2D eigenvalue weighted by Gasteiger charge is 2.02. The maximum atomic E-state index is 4.02. The van der Waals surface area contributed by atoms with E-state index in [4.69, 9.17) is 0 Å². The highest BCUT2D eigenvalue weighted by molar-refractivity contribution is 5.60. The Morgan fingerprint density at radius 2 is 2.00 bits per heavy atom. The molecule has 0 fully saturated rings. The quantitative estimate of drug-likeness (QED) is 0.492. The number of imidazole rings is 1. The van der Waals surface area contributed by atoms with Gasteiger partial charge in [-0.05, 0) is 43.7 Å². The SMILES string of the molecule is CC(C)NC=[N+](C)c1ccc(-c2cnc[nH]2)cc1. The third-order valence-electron chi connectivity index (χ3n) is 2.69. The molecule has 2 N–H and O–H groups in total. The number of aromatic nitrogens is 2. The Kier molecular flexibility index (Phi) is 3.77. The minimum atomic E-state index is 0.441. The molecule has 1 aromatic carbocycles. The van der Waals surface area contributed by atoms with Gasteiger partial charge in [0.15, 0.2) is 0 Å². The van der Waals surface area contributed by atoms with Crippen molar-refractivity contribution in [1.29, 1.82) is 0 Å². The topological polar surface area (TPSA) is 43.7 Å². The molecule has 0 unspecified atom stereocenters. The van der Waals surface area contributed by atoms with Crippen LogP contribution >= 0.6 is 0 Å². The highest BCUT2D eigenvalue weighted by atomic mass is 15.1. The van der Waals surface area contributed by atoms with Crippen molar-refractivity contribution in [2.45, 2.75) is 19.9 Å². The van der Waals surface area contributed by atoms with Crippen molar-refractivity contribution in [3.63, 3.8) is 0 Å². The maximum absolute atomic E-state index is 4.02. The number of benzene rings is 1. The van der Waals surface area contributed by atoms with Crippen molar-refractivity contribution in [3.05, 3.63) is 36.8 Å². The van der Waals surface area contributed by atoms with Gasteiger partial charge >= 0.3 is 0 Å². The molecule has 0 aliphatic heterocycles. The van der Waals surface area contributed by atoms with Gasteiger partial charge in [-0.15, -0.1) is 0 Å². The van der Waals surface area contributed by atoms with E-state index >= 15 is 0 Å². The molecule has 0 bridgehead atoms. The predicted octanol–water partition coefficient (Wildman–Crippen LogP) is 2.38. The van der Waals surface area contributed by atoms with Crippen molar-refractivity contribution in [2.24, 2.45) is 0 Å². The summed E-state index contributed by atoms with van der Waals surface area (Å²) in [6, 6.07) is 8.80.